The van der Waals surface area contributed by atoms with Crippen LogP contribution < -0.4 is 10.6 Å². The van der Waals surface area contributed by atoms with Crippen molar-refractivity contribution in [3.63, 3.8) is 0 Å². The summed E-state index contributed by atoms with van der Waals surface area (Å²) in [6, 6.07) is 17.2. The second-order valence-electron chi connectivity index (χ2n) is 8.75. The van der Waals surface area contributed by atoms with Crippen molar-refractivity contribution in [2.45, 2.75) is 27.2 Å². The van der Waals surface area contributed by atoms with Crippen molar-refractivity contribution >= 4 is 28.7 Å². The summed E-state index contributed by atoms with van der Waals surface area (Å²) in [7, 11) is 0. The Balaban J connectivity index is 1.43. The number of nitrogens with zero attached hydrogens (tertiary/aromatic N) is 5. The lowest BCUT2D eigenvalue weighted by Gasteiger charge is -2.12. The number of anilines is 2. The van der Waals surface area contributed by atoms with Crippen LogP contribution in [0.5, 0.6) is 0 Å². The van der Waals surface area contributed by atoms with Crippen molar-refractivity contribution < 1.29 is 9.59 Å². The Hall–Kier alpha value is -4.79. The fourth-order valence-corrected chi connectivity index (χ4v) is 4.33. The van der Waals surface area contributed by atoms with Gasteiger partial charge in [-0.2, -0.15) is 10.2 Å². The van der Waals surface area contributed by atoms with Gasteiger partial charge >= 0.3 is 0 Å². The molecule has 0 aliphatic heterocycles. The van der Waals surface area contributed by atoms with Gasteiger partial charge in [-0.1, -0.05) is 30.3 Å². The van der Waals surface area contributed by atoms with E-state index < -0.39 is 0 Å². The molecule has 0 fully saturated rings. The number of benzene rings is 2. The largest absolute Gasteiger partial charge is 0.352 e. The Labute approximate surface area is 214 Å². The highest BCUT2D eigenvalue weighted by molar-refractivity contribution is 6.00. The lowest BCUT2D eigenvalue weighted by Crippen LogP contribution is -2.22. The first-order chi connectivity index (χ1) is 18.0. The molecule has 186 valence electrons. The van der Waals surface area contributed by atoms with E-state index in [2.05, 4.69) is 25.8 Å². The Morgan fingerprint density at radius 3 is 2.59 bits per heavy atom. The predicted molar refractivity (Wildman–Crippen MR) is 142 cm³/mol. The highest BCUT2D eigenvalue weighted by Gasteiger charge is 2.19. The fraction of sp³-hybridized carbons (Fsp3) is 0.179. The van der Waals surface area contributed by atoms with Gasteiger partial charge in [-0.3, -0.25) is 9.59 Å². The molecular weight excluding hydrogens is 466 g/mol. The maximum absolute atomic E-state index is 13.3. The van der Waals surface area contributed by atoms with E-state index in [9.17, 15) is 9.59 Å². The van der Waals surface area contributed by atoms with Gasteiger partial charge < -0.3 is 10.6 Å². The van der Waals surface area contributed by atoms with Gasteiger partial charge in [0.1, 0.15) is 11.8 Å². The SMILES string of the molecule is CCNC(=O)c1cn2ncnc(Nc3cc(C(=O)Cc4ccnn4-c4ccccc4)ccc3C)c2c1C. The Morgan fingerprint density at radius 2 is 1.81 bits per heavy atom. The zero-order valence-corrected chi connectivity index (χ0v) is 20.9. The van der Waals surface area contributed by atoms with Gasteiger partial charge in [-0.15, -0.1) is 0 Å². The van der Waals surface area contributed by atoms with E-state index in [1.54, 1.807) is 21.6 Å². The molecule has 0 aliphatic rings. The molecule has 9 nitrogen and oxygen atoms in total. The minimum atomic E-state index is -0.157. The first-order valence-corrected chi connectivity index (χ1v) is 12.1. The van der Waals surface area contributed by atoms with Gasteiger partial charge in [0.15, 0.2) is 11.6 Å². The summed E-state index contributed by atoms with van der Waals surface area (Å²) >= 11 is 0. The summed E-state index contributed by atoms with van der Waals surface area (Å²) in [5.41, 5.74) is 6.02. The molecule has 3 aromatic heterocycles. The minimum Gasteiger partial charge on any atom is -0.352 e. The average Bonchev–Trinajstić information content (AvgIpc) is 3.50. The van der Waals surface area contributed by atoms with Crippen LogP contribution in [0.3, 0.4) is 0 Å². The molecule has 3 heterocycles. The maximum atomic E-state index is 13.3. The zero-order valence-electron chi connectivity index (χ0n) is 20.9. The number of Topliss-reactive ketones (excluding diaryl/α,β-unsaturated/α-hetero) is 1. The number of fused-ring (bicyclic) bond motifs is 1. The molecule has 2 N–H and O–H groups in total. The fourth-order valence-electron chi connectivity index (χ4n) is 4.33. The third-order valence-corrected chi connectivity index (χ3v) is 6.29. The molecule has 5 aromatic rings. The van der Waals surface area contributed by atoms with E-state index in [0.717, 1.165) is 28.2 Å². The number of hydrogen-bond acceptors (Lipinski definition) is 6. The summed E-state index contributed by atoms with van der Waals surface area (Å²) in [4.78, 5) is 30.2. The standard InChI is InChI=1S/C28H27N7O2/c1-4-29-28(37)23-16-34-26(19(23)3)27(30-17-32-34)33-24-14-20(11-10-18(24)2)25(36)15-22-12-13-31-35(22)21-8-6-5-7-9-21/h5-14,16-17H,4,15H2,1-3H3,(H,29,37)(H,30,32,33). The average molecular weight is 494 g/mol. The van der Waals surface area contributed by atoms with Gasteiger partial charge in [-0.05, 0) is 56.2 Å². The van der Waals surface area contributed by atoms with Crippen LogP contribution in [0.4, 0.5) is 11.5 Å². The predicted octanol–water partition coefficient (Wildman–Crippen LogP) is 4.45. The second kappa shape index (κ2) is 10.1. The topological polar surface area (TPSA) is 106 Å². The summed E-state index contributed by atoms with van der Waals surface area (Å²) in [6.45, 7) is 6.25. The lowest BCUT2D eigenvalue weighted by atomic mass is 10.0. The van der Waals surface area contributed by atoms with Gasteiger partial charge in [0.25, 0.3) is 5.91 Å². The summed E-state index contributed by atoms with van der Waals surface area (Å²) in [5, 5.41) is 14.9. The van der Waals surface area contributed by atoms with Crippen LogP contribution in [0.15, 0.2) is 73.3 Å². The van der Waals surface area contributed by atoms with Crippen molar-refractivity contribution in [3.8, 4) is 5.69 Å². The van der Waals surface area contributed by atoms with Crippen LogP contribution >= 0.6 is 0 Å². The van der Waals surface area contributed by atoms with E-state index in [-0.39, 0.29) is 18.1 Å². The second-order valence-corrected chi connectivity index (χ2v) is 8.75. The maximum Gasteiger partial charge on any atom is 0.253 e. The number of aromatic nitrogens is 5. The molecule has 5 rings (SSSR count). The van der Waals surface area contributed by atoms with Crippen molar-refractivity contribution in [2.75, 3.05) is 11.9 Å². The first-order valence-electron chi connectivity index (χ1n) is 12.1. The van der Waals surface area contributed by atoms with Crippen LogP contribution in [0.2, 0.25) is 0 Å². The summed E-state index contributed by atoms with van der Waals surface area (Å²) in [5.74, 6) is 0.374. The molecular formula is C28H27N7O2. The number of aryl methyl sites for hydroxylation is 2. The van der Waals surface area contributed by atoms with E-state index in [4.69, 9.17) is 0 Å². The van der Waals surface area contributed by atoms with Crippen molar-refractivity contribution in [3.05, 3.63) is 101 Å². The molecule has 2 aromatic carbocycles. The van der Waals surface area contributed by atoms with Crippen LogP contribution in [-0.4, -0.2) is 42.6 Å². The molecule has 0 aliphatic carbocycles. The van der Waals surface area contributed by atoms with Gasteiger partial charge in [0.05, 0.1) is 23.4 Å². The van der Waals surface area contributed by atoms with Gasteiger partial charge in [0.2, 0.25) is 0 Å². The van der Waals surface area contributed by atoms with Crippen LogP contribution in [0, 0.1) is 13.8 Å². The molecule has 0 unspecified atom stereocenters. The van der Waals surface area contributed by atoms with E-state index >= 15 is 0 Å². The number of ketones is 1. The Kier molecular flexibility index (Phi) is 6.51. The molecule has 0 radical (unpaired) electrons. The monoisotopic (exact) mass is 493 g/mol. The Morgan fingerprint density at radius 1 is 1.00 bits per heavy atom. The molecule has 0 bridgehead atoms. The first kappa shape index (κ1) is 23.9. The third-order valence-electron chi connectivity index (χ3n) is 6.29. The molecule has 37 heavy (non-hydrogen) atoms. The van der Waals surface area contributed by atoms with Crippen molar-refractivity contribution in [2.24, 2.45) is 0 Å². The summed E-state index contributed by atoms with van der Waals surface area (Å²) in [6.07, 6.45) is 5.05. The number of nitrogens with one attached hydrogen (secondary N) is 2. The van der Waals surface area contributed by atoms with Crippen LogP contribution in [0.1, 0.15) is 44.5 Å². The number of carbonyl (C=O) groups excluding carboxylic acids is 2. The van der Waals surface area contributed by atoms with Crippen LogP contribution in [-0.2, 0) is 6.42 Å². The van der Waals surface area contributed by atoms with Crippen molar-refractivity contribution in [1.82, 2.24) is 29.7 Å². The normalized spacial score (nSPS) is 11.0. The highest BCUT2D eigenvalue weighted by atomic mass is 16.1. The quantitative estimate of drug-likeness (QED) is 0.309. The minimum absolute atomic E-state index is 0.0223. The number of rotatable bonds is 8. The van der Waals surface area contributed by atoms with E-state index in [1.165, 1.54) is 6.33 Å². The van der Waals surface area contributed by atoms with E-state index in [0.29, 0.717) is 29.0 Å². The van der Waals surface area contributed by atoms with Gasteiger partial charge in [-0.25, -0.2) is 14.2 Å². The molecule has 9 heteroatoms. The van der Waals surface area contributed by atoms with Gasteiger partial charge in [0, 0.05) is 30.2 Å². The Bertz CT molecular complexity index is 1600. The number of para-hydroxylation sites is 1. The smallest absolute Gasteiger partial charge is 0.253 e. The molecule has 0 saturated heterocycles. The molecule has 0 saturated carbocycles. The number of hydrogen-bond donors (Lipinski definition) is 2. The summed E-state index contributed by atoms with van der Waals surface area (Å²) < 4.78 is 3.43. The molecule has 0 spiro atoms. The van der Waals surface area contributed by atoms with Crippen molar-refractivity contribution in [1.29, 1.82) is 0 Å². The lowest BCUT2D eigenvalue weighted by molar-refractivity contribution is 0.0953. The van der Waals surface area contributed by atoms with Crippen LogP contribution in [0.25, 0.3) is 11.2 Å². The molecule has 0 atom stereocenters. The number of amides is 1. The highest BCUT2D eigenvalue weighted by Crippen LogP contribution is 2.28. The third kappa shape index (κ3) is 4.71. The number of carbonyl (C=O) groups is 2. The zero-order chi connectivity index (χ0) is 25.9. The van der Waals surface area contributed by atoms with E-state index in [1.807, 2.05) is 75.4 Å². The molecule has 1 amide bonds.